The minimum absolute atomic E-state index is 0.104. The first-order valence-electron chi connectivity index (χ1n) is 5.62. The number of hydrogen-bond acceptors (Lipinski definition) is 3. The van der Waals surface area contributed by atoms with Crippen LogP contribution in [0.4, 0.5) is 0 Å². The number of esters is 1. The van der Waals surface area contributed by atoms with Gasteiger partial charge in [-0.05, 0) is 31.6 Å². The summed E-state index contributed by atoms with van der Waals surface area (Å²) in [4.78, 5) is 11.4. The van der Waals surface area contributed by atoms with Crippen molar-refractivity contribution < 1.29 is 9.53 Å². The topological polar surface area (TPSA) is 52.3 Å². The highest BCUT2D eigenvalue weighted by Gasteiger charge is 2.35. The number of ether oxygens (including phenoxy) is 1. The molecule has 0 aromatic heterocycles. The van der Waals surface area contributed by atoms with Crippen molar-refractivity contribution in [3.05, 3.63) is 0 Å². The Kier molecular flexibility index (Phi) is 2.77. The van der Waals surface area contributed by atoms with Gasteiger partial charge in [-0.15, -0.1) is 0 Å². The SMILES string of the molecule is NC1(CC(=O)OCCC2CC2)CCC1. The van der Waals surface area contributed by atoms with Crippen molar-refractivity contribution in [3.63, 3.8) is 0 Å². The van der Waals surface area contributed by atoms with Crippen molar-refractivity contribution in [2.75, 3.05) is 6.61 Å². The van der Waals surface area contributed by atoms with E-state index in [9.17, 15) is 4.79 Å². The summed E-state index contributed by atoms with van der Waals surface area (Å²) in [6.07, 6.45) is 7.21. The van der Waals surface area contributed by atoms with Crippen LogP contribution in [0.1, 0.15) is 44.9 Å². The average Bonchev–Trinajstić information content (AvgIpc) is 2.85. The van der Waals surface area contributed by atoms with Gasteiger partial charge in [0.05, 0.1) is 13.0 Å². The lowest BCUT2D eigenvalue weighted by molar-refractivity contribution is -0.146. The molecule has 2 aliphatic carbocycles. The second-order valence-corrected chi connectivity index (χ2v) is 4.85. The first kappa shape index (κ1) is 9.97. The molecular weight excluding hydrogens is 178 g/mol. The van der Waals surface area contributed by atoms with Crippen molar-refractivity contribution >= 4 is 5.97 Å². The highest BCUT2D eigenvalue weighted by Crippen LogP contribution is 2.33. The van der Waals surface area contributed by atoms with E-state index in [0.29, 0.717) is 13.0 Å². The van der Waals surface area contributed by atoms with Crippen LogP contribution in [-0.2, 0) is 9.53 Å². The quantitative estimate of drug-likeness (QED) is 0.681. The summed E-state index contributed by atoms with van der Waals surface area (Å²) in [6.45, 7) is 0.597. The molecule has 0 radical (unpaired) electrons. The van der Waals surface area contributed by atoms with Gasteiger partial charge in [-0.25, -0.2) is 0 Å². The molecule has 0 aliphatic heterocycles. The molecule has 0 amide bonds. The molecule has 0 spiro atoms. The molecule has 2 N–H and O–H groups in total. The number of nitrogens with two attached hydrogens (primary N) is 1. The van der Waals surface area contributed by atoms with Crippen LogP contribution in [0.15, 0.2) is 0 Å². The maximum atomic E-state index is 11.4. The first-order valence-corrected chi connectivity index (χ1v) is 5.62. The summed E-state index contributed by atoms with van der Waals surface area (Å²) < 4.78 is 5.15. The smallest absolute Gasteiger partial charge is 0.307 e. The zero-order valence-corrected chi connectivity index (χ0v) is 8.63. The van der Waals surface area contributed by atoms with E-state index in [2.05, 4.69) is 0 Å². The van der Waals surface area contributed by atoms with Gasteiger partial charge in [0.25, 0.3) is 0 Å². The second-order valence-electron chi connectivity index (χ2n) is 4.85. The standard InChI is InChI=1S/C11H19NO2/c12-11(5-1-6-11)8-10(13)14-7-4-9-2-3-9/h9H,1-8,12H2. The first-order chi connectivity index (χ1) is 6.68. The largest absolute Gasteiger partial charge is 0.466 e. The molecule has 2 aliphatic rings. The highest BCUT2D eigenvalue weighted by atomic mass is 16.5. The van der Waals surface area contributed by atoms with E-state index < -0.39 is 0 Å². The normalized spacial score (nSPS) is 24.1. The number of rotatable bonds is 5. The van der Waals surface area contributed by atoms with E-state index in [0.717, 1.165) is 31.6 Å². The monoisotopic (exact) mass is 197 g/mol. The molecule has 2 saturated carbocycles. The molecule has 0 aromatic rings. The molecule has 0 bridgehead atoms. The molecule has 0 aromatic carbocycles. The number of carbonyl (C=O) groups is 1. The van der Waals surface area contributed by atoms with Gasteiger partial charge < -0.3 is 10.5 Å². The van der Waals surface area contributed by atoms with Crippen molar-refractivity contribution in [2.24, 2.45) is 11.7 Å². The lowest BCUT2D eigenvalue weighted by atomic mass is 9.75. The summed E-state index contributed by atoms with van der Waals surface area (Å²) in [5.41, 5.74) is 5.72. The van der Waals surface area contributed by atoms with Crippen LogP contribution in [0.2, 0.25) is 0 Å². The fraction of sp³-hybridized carbons (Fsp3) is 0.909. The molecule has 80 valence electrons. The number of carbonyl (C=O) groups excluding carboxylic acids is 1. The molecule has 0 atom stereocenters. The van der Waals surface area contributed by atoms with Crippen molar-refractivity contribution in [3.8, 4) is 0 Å². The Morgan fingerprint density at radius 1 is 1.43 bits per heavy atom. The van der Waals surface area contributed by atoms with Crippen LogP contribution in [0.3, 0.4) is 0 Å². The van der Waals surface area contributed by atoms with E-state index in [4.69, 9.17) is 10.5 Å². The van der Waals surface area contributed by atoms with Crippen molar-refractivity contribution in [1.29, 1.82) is 0 Å². The number of hydrogen-bond donors (Lipinski definition) is 1. The summed E-state index contributed by atoms with van der Waals surface area (Å²) in [6, 6.07) is 0. The minimum Gasteiger partial charge on any atom is -0.466 e. The third-order valence-electron chi connectivity index (χ3n) is 3.33. The van der Waals surface area contributed by atoms with Crippen LogP contribution in [0.5, 0.6) is 0 Å². The Hall–Kier alpha value is -0.570. The molecule has 14 heavy (non-hydrogen) atoms. The molecule has 0 heterocycles. The van der Waals surface area contributed by atoms with Gasteiger partial charge >= 0.3 is 5.97 Å². The van der Waals surface area contributed by atoms with Gasteiger partial charge in [0.1, 0.15) is 0 Å². The van der Waals surface area contributed by atoms with Crippen LogP contribution in [-0.4, -0.2) is 18.1 Å². The van der Waals surface area contributed by atoms with E-state index in [-0.39, 0.29) is 11.5 Å². The second kappa shape index (κ2) is 3.89. The Labute approximate surface area is 85.0 Å². The maximum absolute atomic E-state index is 11.4. The Morgan fingerprint density at radius 3 is 2.64 bits per heavy atom. The lowest BCUT2D eigenvalue weighted by Crippen LogP contribution is -2.48. The molecule has 0 saturated heterocycles. The van der Waals surface area contributed by atoms with Crippen LogP contribution >= 0.6 is 0 Å². The van der Waals surface area contributed by atoms with E-state index >= 15 is 0 Å². The van der Waals surface area contributed by atoms with Gasteiger partial charge in [0.15, 0.2) is 0 Å². The minimum atomic E-state index is -0.226. The fourth-order valence-corrected chi connectivity index (χ4v) is 1.89. The molecular formula is C11H19NO2. The maximum Gasteiger partial charge on any atom is 0.307 e. The summed E-state index contributed by atoms with van der Waals surface area (Å²) in [7, 11) is 0. The summed E-state index contributed by atoms with van der Waals surface area (Å²) in [5.74, 6) is 0.728. The molecule has 2 fully saturated rings. The molecule has 2 rings (SSSR count). The Balaban J connectivity index is 1.57. The van der Waals surface area contributed by atoms with Crippen LogP contribution in [0.25, 0.3) is 0 Å². The summed E-state index contributed by atoms with van der Waals surface area (Å²) in [5, 5.41) is 0. The van der Waals surface area contributed by atoms with Crippen LogP contribution in [0, 0.1) is 5.92 Å². The summed E-state index contributed by atoms with van der Waals surface area (Å²) >= 11 is 0. The lowest BCUT2D eigenvalue weighted by Gasteiger charge is -2.37. The average molecular weight is 197 g/mol. The molecule has 3 heteroatoms. The van der Waals surface area contributed by atoms with E-state index in [1.807, 2.05) is 0 Å². The van der Waals surface area contributed by atoms with Gasteiger partial charge in [-0.2, -0.15) is 0 Å². The van der Waals surface area contributed by atoms with Crippen molar-refractivity contribution in [2.45, 2.75) is 50.5 Å². The van der Waals surface area contributed by atoms with E-state index in [1.165, 1.54) is 12.8 Å². The Morgan fingerprint density at radius 2 is 2.14 bits per heavy atom. The van der Waals surface area contributed by atoms with Gasteiger partial charge in [-0.3, -0.25) is 4.79 Å². The van der Waals surface area contributed by atoms with E-state index in [1.54, 1.807) is 0 Å². The van der Waals surface area contributed by atoms with Crippen LogP contribution < -0.4 is 5.73 Å². The predicted octanol–water partition coefficient (Wildman–Crippen LogP) is 1.60. The molecule has 3 nitrogen and oxygen atoms in total. The fourth-order valence-electron chi connectivity index (χ4n) is 1.89. The zero-order valence-electron chi connectivity index (χ0n) is 8.63. The van der Waals surface area contributed by atoms with Gasteiger partial charge in [-0.1, -0.05) is 12.8 Å². The third kappa shape index (κ3) is 2.71. The third-order valence-corrected chi connectivity index (χ3v) is 3.33. The van der Waals surface area contributed by atoms with Gasteiger partial charge in [0.2, 0.25) is 0 Å². The predicted molar refractivity (Wildman–Crippen MR) is 53.7 cm³/mol. The zero-order chi connectivity index (χ0) is 10.0. The van der Waals surface area contributed by atoms with Gasteiger partial charge in [0, 0.05) is 5.54 Å². The van der Waals surface area contributed by atoms with Crippen molar-refractivity contribution in [1.82, 2.24) is 0 Å². The highest BCUT2D eigenvalue weighted by molar-refractivity contribution is 5.71. The molecule has 0 unspecified atom stereocenters. The Bertz CT molecular complexity index is 219.